The van der Waals surface area contributed by atoms with E-state index in [9.17, 15) is 14.9 Å². The summed E-state index contributed by atoms with van der Waals surface area (Å²) in [5.41, 5.74) is 0.583. The molecule has 7 nitrogen and oxygen atoms in total. The first-order valence-corrected chi connectivity index (χ1v) is 6.66. The average Bonchev–Trinajstić information content (AvgIpc) is 2.59. The van der Waals surface area contributed by atoms with Gasteiger partial charge >= 0.3 is 0 Å². The molecule has 0 radical (unpaired) electrons. The summed E-state index contributed by atoms with van der Waals surface area (Å²) in [7, 11) is 2.81. The van der Waals surface area contributed by atoms with Gasteiger partial charge in [-0.05, 0) is 11.6 Å². The molecule has 0 saturated heterocycles. The van der Waals surface area contributed by atoms with Crippen LogP contribution < -0.4 is 9.47 Å². The zero-order chi connectivity index (χ0) is 16.8. The summed E-state index contributed by atoms with van der Waals surface area (Å²) >= 11 is 0. The lowest BCUT2D eigenvalue weighted by atomic mass is 9.99. The second-order valence-corrected chi connectivity index (χ2v) is 4.55. The van der Waals surface area contributed by atoms with Gasteiger partial charge in [-0.2, -0.15) is 0 Å². The highest BCUT2D eigenvalue weighted by Crippen LogP contribution is 2.40. The number of nitro groups is 1. The van der Waals surface area contributed by atoms with Crippen LogP contribution in [0.1, 0.15) is 17.2 Å². The van der Waals surface area contributed by atoms with Gasteiger partial charge in [0, 0.05) is 0 Å². The van der Waals surface area contributed by atoms with Crippen LogP contribution in [0.4, 0.5) is 5.69 Å². The molecule has 1 unspecified atom stereocenters. The van der Waals surface area contributed by atoms with E-state index >= 15 is 0 Å². The Morgan fingerprint density at radius 3 is 2.22 bits per heavy atom. The van der Waals surface area contributed by atoms with Crippen LogP contribution in [0.5, 0.6) is 11.5 Å². The molecule has 0 spiro atoms. The fraction of sp³-hybridized carbons (Fsp3) is 0.188. The highest BCUT2D eigenvalue weighted by atomic mass is 16.6. The summed E-state index contributed by atoms with van der Waals surface area (Å²) in [6, 6.07) is 11.4. The lowest BCUT2D eigenvalue weighted by molar-refractivity contribution is -0.386. The molecular weight excluding hydrogens is 302 g/mol. The maximum absolute atomic E-state index is 11.4. The standard InChI is InChI=1S/C16H15NO6/c1-21-14-8-12(13(17(19)20)9-15(14)22-2)16(23-10-18)11-6-4-3-5-7-11/h3-10,16H,1-2H3. The second-order valence-electron chi connectivity index (χ2n) is 4.55. The molecule has 7 heteroatoms. The van der Waals surface area contributed by atoms with E-state index in [1.807, 2.05) is 0 Å². The largest absolute Gasteiger partial charge is 0.493 e. The Labute approximate surface area is 132 Å². The molecule has 0 aliphatic rings. The summed E-state index contributed by atoms with van der Waals surface area (Å²) in [6.07, 6.45) is -0.922. The molecule has 0 heterocycles. The van der Waals surface area contributed by atoms with Gasteiger partial charge in [0.25, 0.3) is 12.2 Å². The van der Waals surface area contributed by atoms with Gasteiger partial charge in [-0.3, -0.25) is 14.9 Å². The van der Waals surface area contributed by atoms with Crippen molar-refractivity contribution in [1.82, 2.24) is 0 Å². The number of rotatable bonds is 7. The maximum atomic E-state index is 11.4. The predicted molar refractivity (Wildman–Crippen MR) is 81.6 cm³/mol. The van der Waals surface area contributed by atoms with Gasteiger partial charge in [0.15, 0.2) is 17.6 Å². The number of ether oxygens (including phenoxy) is 3. The zero-order valence-corrected chi connectivity index (χ0v) is 12.6. The predicted octanol–water partition coefficient (Wildman–Crippen LogP) is 2.87. The van der Waals surface area contributed by atoms with Crippen LogP contribution in [0.2, 0.25) is 0 Å². The molecule has 1 atom stereocenters. The average molecular weight is 317 g/mol. The van der Waals surface area contributed by atoms with Crippen molar-refractivity contribution in [2.45, 2.75) is 6.10 Å². The number of hydrogen-bond donors (Lipinski definition) is 0. The van der Waals surface area contributed by atoms with Crippen LogP contribution >= 0.6 is 0 Å². The number of benzene rings is 2. The number of carbonyl (C=O) groups is 1. The molecule has 0 aliphatic heterocycles. The van der Waals surface area contributed by atoms with Crippen molar-refractivity contribution in [1.29, 1.82) is 0 Å². The Balaban J connectivity index is 2.66. The van der Waals surface area contributed by atoms with Gasteiger partial charge in [0.2, 0.25) is 0 Å². The fourth-order valence-electron chi connectivity index (χ4n) is 2.27. The van der Waals surface area contributed by atoms with Gasteiger partial charge in [-0.1, -0.05) is 30.3 Å². The third kappa shape index (κ3) is 3.39. The van der Waals surface area contributed by atoms with E-state index in [0.29, 0.717) is 11.3 Å². The highest BCUT2D eigenvalue weighted by Gasteiger charge is 2.28. The maximum Gasteiger partial charge on any atom is 0.294 e. The van der Waals surface area contributed by atoms with Gasteiger partial charge < -0.3 is 14.2 Å². The molecule has 0 aliphatic carbocycles. The summed E-state index contributed by atoms with van der Waals surface area (Å²) in [5.74, 6) is 0.532. The first-order chi connectivity index (χ1) is 11.1. The van der Waals surface area contributed by atoms with Crippen LogP contribution in [0.25, 0.3) is 0 Å². The van der Waals surface area contributed by atoms with Crippen LogP contribution in [0.3, 0.4) is 0 Å². The monoisotopic (exact) mass is 317 g/mol. The van der Waals surface area contributed by atoms with Crippen molar-refractivity contribution in [3.8, 4) is 11.5 Å². The highest BCUT2D eigenvalue weighted by molar-refractivity contribution is 5.57. The molecule has 2 aromatic rings. The molecule has 2 aromatic carbocycles. The number of nitrogens with zero attached hydrogens (tertiary/aromatic N) is 1. The number of hydrogen-bond acceptors (Lipinski definition) is 6. The van der Waals surface area contributed by atoms with Gasteiger partial charge in [0.05, 0.1) is 30.8 Å². The molecule has 0 N–H and O–H groups in total. The van der Waals surface area contributed by atoms with Crippen molar-refractivity contribution in [3.63, 3.8) is 0 Å². The second kappa shape index (κ2) is 7.26. The SMILES string of the molecule is COc1cc(C(OC=O)c2ccccc2)c([N+](=O)[O-])cc1OC. The molecule has 23 heavy (non-hydrogen) atoms. The minimum Gasteiger partial charge on any atom is -0.493 e. The van der Waals surface area contributed by atoms with Crippen molar-refractivity contribution >= 4 is 12.2 Å². The molecule has 0 bridgehead atoms. The molecule has 0 aromatic heterocycles. The molecule has 2 rings (SSSR count). The Bertz CT molecular complexity index is 701. The molecule has 120 valence electrons. The first-order valence-electron chi connectivity index (χ1n) is 6.66. The van der Waals surface area contributed by atoms with Crippen molar-refractivity contribution in [2.24, 2.45) is 0 Å². The van der Waals surface area contributed by atoms with Crippen molar-refractivity contribution in [3.05, 3.63) is 63.7 Å². The van der Waals surface area contributed by atoms with E-state index in [4.69, 9.17) is 14.2 Å². The molecule has 0 fully saturated rings. The third-order valence-corrected chi connectivity index (χ3v) is 3.31. The number of methoxy groups -OCH3 is 2. The number of nitro benzene ring substituents is 1. The van der Waals surface area contributed by atoms with Gasteiger partial charge in [-0.25, -0.2) is 0 Å². The minimum atomic E-state index is -0.922. The Hall–Kier alpha value is -3.09. The molecule has 0 amide bonds. The van der Waals surface area contributed by atoms with Gasteiger partial charge in [-0.15, -0.1) is 0 Å². The Morgan fingerprint density at radius 2 is 1.70 bits per heavy atom. The summed E-state index contributed by atoms with van der Waals surface area (Å²) in [4.78, 5) is 21.7. The van der Waals surface area contributed by atoms with E-state index in [-0.39, 0.29) is 23.5 Å². The number of carbonyl (C=O) groups excluding carboxylic acids is 1. The minimum absolute atomic E-state index is 0.200. The molecular formula is C16H15NO6. The normalized spacial score (nSPS) is 11.4. The third-order valence-electron chi connectivity index (χ3n) is 3.31. The van der Waals surface area contributed by atoms with E-state index < -0.39 is 11.0 Å². The van der Waals surface area contributed by atoms with Crippen molar-refractivity contribution < 1.29 is 23.9 Å². The Morgan fingerprint density at radius 1 is 1.09 bits per heavy atom. The molecule has 0 saturated carbocycles. The first kappa shape index (κ1) is 16.3. The van der Waals surface area contributed by atoms with Crippen molar-refractivity contribution in [2.75, 3.05) is 14.2 Å². The summed E-state index contributed by atoms with van der Waals surface area (Å²) < 4.78 is 15.4. The van der Waals surface area contributed by atoms with Gasteiger partial charge in [0.1, 0.15) is 0 Å². The Kier molecular flexibility index (Phi) is 5.14. The topological polar surface area (TPSA) is 87.9 Å². The fourth-order valence-corrected chi connectivity index (χ4v) is 2.27. The van der Waals surface area contributed by atoms with E-state index in [1.165, 1.54) is 26.4 Å². The van der Waals surface area contributed by atoms with Crippen LogP contribution in [-0.2, 0) is 9.53 Å². The summed E-state index contributed by atoms with van der Waals surface area (Å²) in [6.45, 7) is 0.262. The van der Waals surface area contributed by atoms with Crippen LogP contribution in [0.15, 0.2) is 42.5 Å². The summed E-state index contributed by atoms with van der Waals surface area (Å²) in [5, 5.41) is 11.4. The lowest BCUT2D eigenvalue weighted by Crippen LogP contribution is -2.09. The zero-order valence-electron chi connectivity index (χ0n) is 12.6. The quantitative estimate of drug-likeness (QED) is 0.443. The smallest absolute Gasteiger partial charge is 0.294 e. The van der Waals surface area contributed by atoms with Crippen LogP contribution in [0, 0.1) is 10.1 Å². The van der Waals surface area contributed by atoms with E-state index in [0.717, 1.165) is 0 Å². The van der Waals surface area contributed by atoms with Crippen LogP contribution in [-0.4, -0.2) is 25.6 Å². The van der Waals surface area contributed by atoms with E-state index in [1.54, 1.807) is 30.3 Å². The van der Waals surface area contributed by atoms with E-state index in [2.05, 4.69) is 0 Å². The lowest BCUT2D eigenvalue weighted by Gasteiger charge is -2.18.